The van der Waals surface area contributed by atoms with E-state index >= 15 is 0 Å². The van der Waals surface area contributed by atoms with Gasteiger partial charge in [-0.15, -0.1) is 0 Å². The predicted octanol–water partition coefficient (Wildman–Crippen LogP) is 1.57. The Hall–Kier alpha value is -3.35. The number of fused-ring (bicyclic) bond motifs is 1. The zero-order valence-corrected chi connectivity index (χ0v) is 14.7. The Morgan fingerprint density at radius 1 is 1.07 bits per heavy atom. The van der Waals surface area contributed by atoms with Gasteiger partial charge in [0.1, 0.15) is 18.8 Å². The summed E-state index contributed by atoms with van der Waals surface area (Å²) in [6.45, 7) is -0.518. The van der Waals surface area contributed by atoms with Gasteiger partial charge in [-0.3, -0.25) is 19.3 Å². The van der Waals surface area contributed by atoms with E-state index in [1.54, 1.807) is 24.3 Å². The van der Waals surface area contributed by atoms with Gasteiger partial charge in [-0.25, -0.2) is 0 Å². The number of carboxylic acids is 1. The third-order valence-corrected chi connectivity index (χ3v) is 4.29. The highest BCUT2D eigenvalue weighted by Gasteiger charge is 2.29. The molecule has 7 nitrogen and oxygen atoms in total. The summed E-state index contributed by atoms with van der Waals surface area (Å²) in [5, 5.41) is 9.15. The molecular weight excluding hydrogens is 348 g/mol. The molecule has 27 heavy (non-hydrogen) atoms. The fourth-order valence-electron chi connectivity index (χ4n) is 2.93. The summed E-state index contributed by atoms with van der Waals surface area (Å²) in [4.78, 5) is 38.8. The normalized spacial score (nSPS) is 12.9. The van der Waals surface area contributed by atoms with E-state index in [0.717, 1.165) is 5.56 Å². The predicted molar refractivity (Wildman–Crippen MR) is 98.7 cm³/mol. The number of hydrogen-bond acceptors (Lipinski definition) is 4. The fraction of sp³-hybridized carbons (Fsp3) is 0.250. The van der Waals surface area contributed by atoms with Crippen molar-refractivity contribution in [3.63, 3.8) is 0 Å². The summed E-state index contributed by atoms with van der Waals surface area (Å²) in [5.74, 6) is -1.32. The van der Waals surface area contributed by atoms with Gasteiger partial charge >= 0.3 is 5.97 Å². The van der Waals surface area contributed by atoms with Gasteiger partial charge < -0.3 is 14.7 Å². The Bertz CT molecular complexity index is 837. The number of hydrogen-bond donors (Lipinski definition) is 1. The molecule has 0 bridgehead atoms. The maximum absolute atomic E-state index is 12.8. The van der Waals surface area contributed by atoms with Gasteiger partial charge in [-0.2, -0.15) is 0 Å². The van der Waals surface area contributed by atoms with Crippen LogP contribution in [0, 0.1) is 0 Å². The first-order valence-electron chi connectivity index (χ1n) is 8.60. The van der Waals surface area contributed by atoms with Crippen LogP contribution in [0.3, 0.4) is 0 Å². The van der Waals surface area contributed by atoms with Crippen LogP contribution in [0.15, 0.2) is 54.6 Å². The lowest BCUT2D eigenvalue weighted by molar-refractivity contribution is -0.144. The summed E-state index contributed by atoms with van der Waals surface area (Å²) < 4.78 is 5.37. The second-order valence-corrected chi connectivity index (χ2v) is 6.18. The highest BCUT2D eigenvalue weighted by Crippen LogP contribution is 2.31. The van der Waals surface area contributed by atoms with Crippen LogP contribution in [-0.4, -0.2) is 54.0 Å². The number of ether oxygens (including phenoxy) is 1. The van der Waals surface area contributed by atoms with Gasteiger partial charge in [0.15, 0.2) is 6.61 Å². The molecular formula is C20H20N2O5. The van der Waals surface area contributed by atoms with Crippen molar-refractivity contribution in [1.29, 1.82) is 0 Å². The molecule has 140 valence electrons. The third kappa shape index (κ3) is 4.63. The highest BCUT2D eigenvalue weighted by molar-refractivity contribution is 6.02. The molecule has 1 aliphatic heterocycles. The summed E-state index contributed by atoms with van der Waals surface area (Å²) in [7, 11) is 0. The smallest absolute Gasteiger partial charge is 0.323 e. The van der Waals surface area contributed by atoms with Gasteiger partial charge in [-0.1, -0.05) is 42.5 Å². The van der Waals surface area contributed by atoms with Gasteiger partial charge in [0.05, 0.1) is 5.69 Å². The quantitative estimate of drug-likeness (QED) is 0.802. The molecule has 1 aliphatic rings. The number of nitrogens with zero attached hydrogens (tertiary/aromatic N) is 2. The number of carboxylic acid groups (broad SMARTS) is 1. The molecule has 0 saturated carbocycles. The van der Waals surface area contributed by atoms with Crippen molar-refractivity contribution >= 4 is 23.5 Å². The van der Waals surface area contributed by atoms with Crippen LogP contribution >= 0.6 is 0 Å². The second kappa shape index (κ2) is 8.35. The molecule has 2 aromatic carbocycles. The largest absolute Gasteiger partial charge is 0.482 e. The summed E-state index contributed by atoms with van der Waals surface area (Å²) in [6, 6.07) is 16.5. The van der Waals surface area contributed by atoms with E-state index in [2.05, 4.69) is 0 Å². The monoisotopic (exact) mass is 368 g/mol. The van der Waals surface area contributed by atoms with Gasteiger partial charge in [0.25, 0.3) is 5.91 Å². The van der Waals surface area contributed by atoms with Crippen molar-refractivity contribution in [2.45, 2.75) is 6.42 Å². The van der Waals surface area contributed by atoms with Crippen LogP contribution in [0.25, 0.3) is 0 Å². The first kappa shape index (κ1) is 18.4. The lowest BCUT2D eigenvalue weighted by Crippen LogP contribution is -2.48. The number of aliphatic carboxylic acids is 1. The van der Waals surface area contributed by atoms with Crippen LogP contribution < -0.4 is 9.64 Å². The highest BCUT2D eigenvalue weighted by atomic mass is 16.5. The molecule has 2 amide bonds. The third-order valence-electron chi connectivity index (χ3n) is 4.29. The van der Waals surface area contributed by atoms with E-state index in [4.69, 9.17) is 9.84 Å². The van der Waals surface area contributed by atoms with Gasteiger partial charge in [-0.05, 0) is 24.1 Å². The van der Waals surface area contributed by atoms with E-state index in [-0.39, 0.29) is 25.6 Å². The lowest BCUT2D eigenvalue weighted by atomic mass is 10.1. The summed E-state index contributed by atoms with van der Waals surface area (Å²) >= 11 is 0. The second-order valence-electron chi connectivity index (χ2n) is 6.18. The minimum absolute atomic E-state index is 0.146. The number of carbonyl (C=O) groups is 3. The number of amides is 2. The van der Waals surface area contributed by atoms with Crippen LogP contribution in [0.1, 0.15) is 5.56 Å². The van der Waals surface area contributed by atoms with Gasteiger partial charge in [0, 0.05) is 6.54 Å². The zero-order chi connectivity index (χ0) is 19.2. The molecule has 0 aliphatic carbocycles. The van der Waals surface area contributed by atoms with Crippen molar-refractivity contribution in [3.05, 3.63) is 60.2 Å². The molecule has 3 rings (SSSR count). The van der Waals surface area contributed by atoms with Crippen LogP contribution in [0.4, 0.5) is 5.69 Å². The number of carbonyl (C=O) groups excluding carboxylic acids is 2. The summed E-state index contributed by atoms with van der Waals surface area (Å²) in [5.41, 5.74) is 1.52. The van der Waals surface area contributed by atoms with E-state index in [9.17, 15) is 14.4 Å². The van der Waals surface area contributed by atoms with E-state index in [1.807, 2.05) is 30.3 Å². The van der Waals surface area contributed by atoms with E-state index in [0.29, 0.717) is 17.9 Å². The number of anilines is 1. The average molecular weight is 368 g/mol. The summed E-state index contributed by atoms with van der Waals surface area (Å²) in [6.07, 6.45) is 0.535. The van der Waals surface area contributed by atoms with Crippen LogP contribution in [0.5, 0.6) is 5.75 Å². The van der Waals surface area contributed by atoms with Crippen LogP contribution in [0.2, 0.25) is 0 Å². The SMILES string of the molecule is O=C(O)CN(CCc1ccccc1)C(=O)CN1C(=O)COc2ccccc21. The van der Waals surface area contributed by atoms with Gasteiger partial charge in [0.2, 0.25) is 5.91 Å². The number of benzene rings is 2. The van der Waals surface area contributed by atoms with E-state index in [1.165, 1.54) is 9.80 Å². The van der Waals surface area contributed by atoms with Crippen molar-refractivity contribution in [1.82, 2.24) is 4.90 Å². The molecule has 7 heteroatoms. The number of para-hydroxylation sites is 2. The van der Waals surface area contributed by atoms with E-state index < -0.39 is 18.4 Å². The Morgan fingerprint density at radius 2 is 1.78 bits per heavy atom. The number of rotatable bonds is 7. The fourth-order valence-corrected chi connectivity index (χ4v) is 2.93. The first-order valence-corrected chi connectivity index (χ1v) is 8.60. The average Bonchev–Trinajstić information content (AvgIpc) is 2.68. The zero-order valence-electron chi connectivity index (χ0n) is 14.7. The molecule has 0 aromatic heterocycles. The first-order chi connectivity index (χ1) is 13.0. The maximum atomic E-state index is 12.8. The standard InChI is InChI=1S/C20H20N2O5/c23-18(12-22-16-8-4-5-9-17(16)27-14-19(22)24)21(13-20(25)26)11-10-15-6-2-1-3-7-15/h1-9H,10-14H2,(H,25,26). The molecule has 0 fully saturated rings. The van der Waals surface area contributed by atoms with Crippen molar-refractivity contribution < 1.29 is 24.2 Å². The van der Waals surface area contributed by atoms with Crippen molar-refractivity contribution in [2.75, 3.05) is 31.1 Å². The minimum atomic E-state index is -1.09. The molecule has 0 saturated heterocycles. The lowest BCUT2D eigenvalue weighted by Gasteiger charge is -2.30. The topological polar surface area (TPSA) is 87.2 Å². The molecule has 0 spiro atoms. The molecule has 2 aromatic rings. The molecule has 0 unspecified atom stereocenters. The van der Waals surface area contributed by atoms with Crippen LogP contribution in [-0.2, 0) is 20.8 Å². The maximum Gasteiger partial charge on any atom is 0.323 e. The molecule has 1 N–H and O–H groups in total. The Morgan fingerprint density at radius 3 is 2.52 bits per heavy atom. The van der Waals surface area contributed by atoms with Crippen molar-refractivity contribution in [3.8, 4) is 5.75 Å². The van der Waals surface area contributed by atoms with Crippen molar-refractivity contribution in [2.24, 2.45) is 0 Å². The molecule has 0 atom stereocenters. The Balaban J connectivity index is 1.72. The Labute approximate surface area is 156 Å². The molecule has 1 heterocycles. The molecule has 0 radical (unpaired) electrons. The minimum Gasteiger partial charge on any atom is -0.482 e. The Kier molecular flexibility index (Phi) is 5.71.